The molecule has 0 aliphatic rings. The number of ether oxygens (including phenoxy) is 2. The highest BCUT2D eigenvalue weighted by atomic mass is 16.5. The van der Waals surface area contributed by atoms with Crippen molar-refractivity contribution in [3.63, 3.8) is 0 Å². The molecule has 0 fully saturated rings. The van der Waals surface area contributed by atoms with Gasteiger partial charge in [0.05, 0.1) is 32.0 Å². The van der Waals surface area contributed by atoms with Gasteiger partial charge in [-0.2, -0.15) is 5.10 Å². The smallest absolute Gasteiger partial charge is 0.271 e. The van der Waals surface area contributed by atoms with E-state index in [9.17, 15) is 14.7 Å². The molecule has 0 aliphatic heterocycles. The number of nitrogens with one attached hydrogen (secondary N) is 1. The van der Waals surface area contributed by atoms with E-state index >= 15 is 0 Å². The predicted octanol–water partition coefficient (Wildman–Crippen LogP) is 1.39. The molecule has 0 aromatic heterocycles. The number of amides is 1. The normalized spacial score (nSPS) is 10.6. The number of aromatic carboxylic acids is 1. The second-order valence-electron chi connectivity index (χ2n) is 5.30. The van der Waals surface area contributed by atoms with E-state index in [2.05, 4.69) is 10.5 Å². The number of aryl methyl sites for hydroxylation is 1. The van der Waals surface area contributed by atoms with Crippen molar-refractivity contribution >= 4 is 18.1 Å². The Balaban J connectivity index is 2.21. The van der Waals surface area contributed by atoms with Gasteiger partial charge in [-0.1, -0.05) is 19.1 Å². The molecule has 7 heteroatoms. The first-order chi connectivity index (χ1) is 12.5. The predicted molar refractivity (Wildman–Crippen MR) is 94.8 cm³/mol. The first-order valence-corrected chi connectivity index (χ1v) is 7.90. The van der Waals surface area contributed by atoms with Crippen LogP contribution in [-0.4, -0.2) is 32.3 Å². The summed E-state index contributed by atoms with van der Waals surface area (Å²) in [5, 5.41) is 15.3. The highest BCUT2D eigenvalue weighted by molar-refractivity contribution is 6.01. The number of carbonyl (C=O) groups excluding carboxylic acids is 2. The van der Waals surface area contributed by atoms with Gasteiger partial charge in [0.1, 0.15) is 0 Å². The number of benzene rings is 2. The van der Waals surface area contributed by atoms with Crippen LogP contribution in [0.1, 0.15) is 38.8 Å². The van der Waals surface area contributed by atoms with Crippen LogP contribution in [0.4, 0.5) is 0 Å². The van der Waals surface area contributed by atoms with E-state index in [0.29, 0.717) is 5.56 Å². The average molecular weight is 355 g/mol. The van der Waals surface area contributed by atoms with Gasteiger partial charge in [-0.15, -0.1) is 0 Å². The molecule has 2 aromatic rings. The summed E-state index contributed by atoms with van der Waals surface area (Å²) in [6, 6.07) is 10.2. The number of carboxylic acids is 1. The quantitative estimate of drug-likeness (QED) is 0.598. The molecule has 26 heavy (non-hydrogen) atoms. The lowest BCUT2D eigenvalue weighted by atomic mass is 10.1. The Kier molecular flexibility index (Phi) is 6.32. The second kappa shape index (κ2) is 8.66. The number of carboxylic acid groups (broad SMARTS) is 1. The fourth-order valence-electron chi connectivity index (χ4n) is 2.38. The van der Waals surface area contributed by atoms with Gasteiger partial charge in [0, 0.05) is 11.1 Å². The highest BCUT2D eigenvalue weighted by Gasteiger charge is 2.15. The molecule has 0 heterocycles. The van der Waals surface area contributed by atoms with Crippen LogP contribution >= 0.6 is 0 Å². The molecular formula is C19H19N2O5-. The zero-order chi connectivity index (χ0) is 19.1. The second-order valence-corrected chi connectivity index (χ2v) is 5.30. The van der Waals surface area contributed by atoms with Crippen LogP contribution in [0, 0.1) is 0 Å². The summed E-state index contributed by atoms with van der Waals surface area (Å²) in [4.78, 5) is 23.5. The SMILES string of the molecule is CCc1ccc(C(=O)N/N=C\c2ccc(OC)c(OC)c2C(=O)[O-])cc1. The average Bonchev–Trinajstić information content (AvgIpc) is 2.67. The molecule has 0 bridgehead atoms. The van der Waals surface area contributed by atoms with Crippen LogP contribution in [0.25, 0.3) is 0 Å². The number of rotatable bonds is 7. The Hall–Kier alpha value is -3.35. The number of methoxy groups -OCH3 is 2. The third kappa shape index (κ3) is 4.18. The Morgan fingerprint density at radius 2 is 1.81 bits per heavy atom. The first kappa shape index (κ1) is 19.0. The van der Waals surface area contributed by atoms with E-state index in [1.54, 1.807) is 12.1 Å². The number of hydrazone groups is 1. The summed E-state index contributed by atoms with van der Waals surface area (Å²) in [6.45, 7) is 2.03. The van der Waals surface area contributed by atoms with Gasteiger partial charge in [-0.05, 0) is 36.2 Å². The minimum Gasteiger partial charge on any atom is -0.545 e. The van der Waals surface area contributed by atoms with Gasteiger partial charge < -0.3 is 19.4 Å². The van der Waals surface area contributed by atoms with Crippen molar-refractivity contribution < 1.29 is 24.2 Å². The molecule has 136 valence electrons. The summed E-state index contributed by atoms with van der Waals surface area (Å²) in [5.41, 5.74) is 3.93. The van der Waals surface area contributed by atoms with E-state index in [1.807, 2.05) is 19.1 Å². The van der Waals surface area contributed by atoms with E-state index in [1.165, 1.54) is 32.6 Å². The van der Waals surface area contributed by atoms with E-state index in [0.717, 1.165) is 12.0 Å². The molecule has 0 atom stereocenters. The standard InChI is InChI=1S/C19H20N2O5/c1-4-12-5-7-13(8-6-12)18(22)21-20-11-14-9-10-15(25-2)17(26-3)16(14)19(23)24/h5-11H,4H2,1-3H3,(H,21,22)(H,23,24)/p-1/b20-11-. The van der Waals surface area contributed by atoms with Crippen molar-refractivity contribution in [1.82, 2.24) is 5.43 Å². The molecule has 1 amide bonds. The van der Waals surface area contributed by atoms with Crippen molar-refractivity contribution in [3.05, 3.63) is 58.7 Å². The molecule has 0 saturated carbocycles. The summed E-state index contributed by atoms with van der Waals surface area (Å²) in [6.07, 6.45) is 2.09. The van der Waals surface area contributed by atoms with Crippen molar-refractivity contribution in [2.24, 2.45) is 5.10 Å². The zero-order valence-corrected chi connectivity index (χ0v) is 14.7. The lowest BCUT2D eigenvalue weighted by Crippen LogP contribution is -2.25. The number of hydrogen-bond acceptors (Lipinski definition) is 6. The monoisotopic (exact) mass is 355 g/mol. The summed E-state index contributed by atoms with van der Waals surface area (Å²) < 4.78 is 10.2. The molecular weight excluding hydrogens is 336 g/mol. The van der Waals surface area contributed by atoms with Crippen LogP contribution in [0.2, 0.25) is 0 Å². The van der Waals surface area contributed by atoms with Gasteiger partial charge in [0.25, 0.3) is 5.91 Å². The maximum Gasteiger partial charge on any atom is 0.271 e. The molecule has 0 unspecified atom stereocenters. The van der Waals surface area contributed by atoms with Crippen molar-refractivity contribution in [2.75, 3.05) is 14.2 Å². The fraction of sp³-hybridized carbons (Fsp3) is 0.211. The zero-order valence-electron chi connectivity index (χ0n) is 14.7. The minimum absolute atomic E-state index is 0.0259. The van der Waals surface area contributed by atoms with Gasteiger partial charge in [0.15, 0.2) is 11.5 Å². The maximum atomic E-state index is 12.1. The minimum atomic E-state index is -1.44. The summed E-state index contributed by atoms with van der Waals surface area (Å²) in [7, 11) is 2.72. The Morgan fingerprint density at radius 3 is 2.35 bits per heavy atom. The number of nitrogens with zero attached hydrogens (tertiary/aromatic N) is 1. The summed E-state index contributed by atoms with van der Waals surface area (Å²) >= 11 is 0. The lowest BCUT2D eigenvalue weighted by Gasteiger charge is -2.15. The molecule has 0 radical (unpaired) electrons. The Labute approximate surface area is 151 Å². The molecule has 2 rings (SSSR count). The van der Waals surface area contributed by atoms with Crippen LogP contribution in [0.5, 0.6) is 11.5 Å². The van der Waals surface area contributed by atoms with Gasteiger partial charge in [-0.25, -0.2) is 5.43 Å². The third-order valence-corrected chi connectivity index (χ3v) is 3.78. The molecule has 0 saturated heterocycles. The van der Waals surface area contributed by atoms with Crippen LogP contribution in [0.3, 0.4) is 0 Å². The van der Waals surface area contributed by atoms with E-state index in [-0.39, 0.29) is 22.6 Å². The number of hydrogen-bond donors (Lipinski definition) is 1. The molecule has 1 N–H and O–H groups in total. The topological polar surface area (TPSA) is 100 Å². The van der Waals surface area contributed by atoms with Gasteiger partial charge >= 0.3 is 0 Å². The molecule has 0 aliphatic carbocycles. The van der Waals surface area contributed by atoms with Crippen molar-refractivity contribution in [3.8, 4) is 11.5 Å². The van der Waals surface area contributed by atoms with Gasteiger partial charge in [-0.3, -0.25) is 4.79 Å². The van der Waals surface area contributed by atoms with E-state index in [4.69, 9.17) is 9.47 Å². The summed E-state index contributed by atoms with van der Waals surface area (Å²) in [5.74, 6) is -1.56. The van der Waals surface area contributed by atoms with Crippen LogP contribution in [0.15, 0.2) is 41.5 Å². The van der Waals surface area contributed by atoms with Crippen LogP contribution in [-0.2, 0) is 6.42 Å². The third-order valence-electron chi connectivity index (χ3n) is 3.78. The largest absolute Gasteiger partial charge is 0.545 e. The van der Waals surface area contributed by atoms with Crippen molar-refractivity contribution in [1.29, 1.82) is 0 Å². The van der Waals surface area contributed by atoms with Crippen LogP contribution < -0.4 is 20.0 Å². The molecule has 0 spiro atoms. The van der Waals surface area contributed by atoms with Gasteiger partial charge in [0.2, 0.25) is 0 Å². The maximum absolute atomic E-state index is 12.1. The molecule has 2 aromatic carbocycles. The Bertz CT molecular complexity index is 829. The van der Waals surface area contributed by atoms with Crippen molar-refractivity contribution in [2.45, 2.75) is 13.3 Å². The fourth-order valence-corrected chi connectivity index (χ4v) is 2.38. The highest BCUT2D eigenvalue weighted by Crippen LogP contribution is 2.32. The number of carbonyl (C=O) groups is 2. The lowest BCUT2D eigenvalue weighted by molar-refractivity contribution is -0.255. The molecule has 7 nitrogen and oxygen atoms in total. The van der Waals surface area contributed by atoms with E-state index < -0.39 is 11.9 Å². The Morgan fingerprint density at radius 1 is 1.12 bits per heavy atom. The first-order valence-electron chi connectivity index (χ1n) is 7.90.